The van der Waals surface area contributed by atoms with Gasteiger partial charge in [0.15, 0.2) is 0 Å². The predicted molar refractivity (Wildman–Crippen MR) is 137 cm³/mol. The molecule has 1 saturated heterocycles. The van der Waals surface area contributed by atoms with Crippen LogP contribution in [0, 0.1) is 5.82 Å². The van der Waals surface area contributed by atoms with E-state index >= 15 is 0 Å². The van der Waals surface area contributed by atoms with E-state index in [-0.39, 0.29) is 12.5 Å². The predicted octanol–water partition coefficient (Wildman–Crippen LogP) is 3.45. The number of benzene rings is 2. The first-order valence-electron chi connectivity index (χ1n) is 12.6. The van der Waals surface area contributed by atoms with Crippen molar-refractivity contribution >= 4 is 29.0 Å². The molecule has 0 spiro atoms. The normalized spacial score (nSPS) is 17.8. The molecule has 0 aliphatic carbocycles. The summed E-state index contributed by atoms with van der Waals surface area (Å²) < 4.78 is 32.2. The average Bonchev–Trinajstić information content (AvgIpc) is 3.08. The van der Waals surface area contributed by atoms with Crippen LogP contribution in [0.1, 0.15) is 34.5 Å². The zero-order valence-electron chi connectivity index (χ0n) is 20.8. The topological polar surface area (TPSA) is 82.4 Å². The third-order valence-corrected chi connectivity index (χ3v) is 6.74. The summed E-state index contributed by atoms with van der Waals surface area (Å²) in [5, 5.41) is 0.828. The molecule has 0 bridgehead atoms. The first-order chi connectivity index (χ1) is 18.1. The number of nitrogens with zero attached hydrogens (tertiary/aromatic N) is 3. The second-order valence-electron chi connectivity index (χ2n) is 9.00. The summed E-state index contributed by atoms with van der Waals surface area (Å²) in [6, 6.07) is 11.1. The van der Waals surface area contributed by atoms with Crippen LogP contribution in [-0.2, 0) is 20.7 Å². The maximum Gasteiger partial charge on any atom is 0.320 e. The minimum Gasteiger partial charge on any atom is -0.490 e. The Bertz CT molecular complexity index is 1310. The Morgan fingerprint density at radius 3 is 2.68 bits per heavy atom. The summed E-state index contributed by atoms with van der Waals surface area (Å²) in [4.78, 5) is 33.7. The molecule has 8 nitrogen and oxygen atoms in total. The quantitative estimate of drug-likeness (QED) is 0.456. The van der Waals surface area contributed by atoms with Gasteiger partial charge in [0.1, 0.15) is 24.1 Å². The lowest BCUT2D eigenvalue weighted by molar-refractivity contribution is -0.143. The number of hydrogen-bond acceptors (Lipinski definition) is 7. The molecule has 3 heterocycles. The maximum absolute atomic E-state index is 14.0. The summed E-state index contributed by atoms with van der Waals surface area (Å²) in [5.74, 6) is -1.58. The molecule has 37 heavy (non-hydrogen) atoms. The van der Waals surface area contributed by atoms with E-state index in [4.69, 9.17) is 14.2 Å². The molecule has 1 atom stereocenters. The lowest BCUT2D eigenvalue weighted by Gasteiger charge is -2.26. The van der Waals surface area contributed by atoms with Crippen molar-refractivity contribution < 1.29 is 28.2 Å². The largest absolute Gasteiger partial charge is 0.490 e. The Kier molecular flexibility index (Phi) is 7.62. The monoisotopic (exact) mass is 507 g/mol. The third kappa shape index (κ3) is 5.14. The van der Waals surface area contributed by atoms with Crippen molar-refractivity contribution in [1.29, 1.82) is 0 Å². The van der Waals surface area contributed by atoms with Crippen LogP contribution in [-0.4, -0.2) is 80.2 Å². The second kappa shape index (κ2) is 11.2. The minimum atomic E-state index is -0.851. The molecule has 194 valence electrons. The van der Waals surface area contributed by atoms with Gasteiger partial charge in [-0.3, -0.25) is 24.0 Å². The zero-order chi connectivity index (χ0) is 25.8. The van der Waals surface area contributed by atoms with Crippen molar-refractivity contribution in [2.75, 3.05) is 52.6 Å². The van der Waals surface area contributed by atoms with Crippen LogP contribution in [0.25, 0.3) is 10.9 Å². The van der Waals surface area contributed by atoms with Crippen LogP contribution < -0.4 is 4.74 Å². The Morgan fingerprint density at radius 2 is 1.92 bits per heavy atom. The summed E-state index contributed by atoms with van der Waals surface area (Å²) in [7, 11) is 0. The van der Waals surface area contributed by atoms with Crippen molar-refractivity contribution in [2.45, 2.75) is 19.3 Å². The van der Waals surface area contributed by atoms with E-state index in [1.54, 1.807) is 17.7 Å². The molecular formula is C28H30FN3O5. The van der Waals surface area contributed by atoms with Crippen LogP contribution in [0.15, 0.2) is 47.5 Å². The number of fused-ring (bicyclic) bond motifs is 3. The fraction of sp³-hybridized carbons (Fsp3) is 0.393. The number of aliphatic imine (C=N–C) groups is 1. The highest BCUT2D eigenvalue weighted by Crippen LogP contribution is 2.38. The van der Waals surface area contributed by atoms with E-state index < -0.39 is 17.7 Å². The van der Waals surface area contributed by atoms with Crippen LogP contribution in [0.5, 0.6) is 5.75 Å². The van der Waals surface area contributed by atoms with Crippen LogP contribution >= 0.6 is 0 Å². The number of para-hydroxylation sites is 1. The fourth-order valence-electron chi connectivity index (χ4n) is 4.97. The first kappa shape index (κ1) is 25.1. The van der Waals surface area contributed by atoms with Crippen molar-refractivity contribution in [1.82, 2.24) is 9.47 Å². The molecule has 0 amide bonds. The summed E-state index contributed by atoms with van der Waals surface area (Å²) in [6.07, 6.45) is 2.12. The molecule has 2 aliphatic rings. The third-order valence-electron chi connectivity index (χ3n) is 6.74. The van der Waals surface area contributed by atoms with Gasteiger partial charge in [-0.25, -0.2) is 4.39 Å². The highest BCUT2D eigenvalue weighted by atomic mass is 19.1. The van der Waals surface area contributed by atoms with Crippen molar-refractivity contribution in [3.05, 3.63) is 65.1 Å². The highest BCUT2D eigenvalue weighted by molar-refractivity contribution is 6.09. The van der Waals surface area contributed by atoms with Crippen LogP contribution in [0.3, 0.4) is 0 Å². The van der Waals surface area contributed by atoms with Gasteiger partial charge in [0.05, 0.1) is 31.0 Å². The highest BCUT2D eigenvalue weighted by Gasteiger charge is 2.34. The van der Waals surface area contributed by atoms with Gasteiger partial charge in [0, 0.05) is 43.3 Å². The van der Waals surface area contributed by atoms with Crippen LogP contribution in [0.4, 0.5) is 4.39 Å². The van der Waals surface area contributed by atoms with E-state index in [2.05, 4.69) is 9.89 Å². The Labute approximate surface area is 214 Å². The van der Waals surface area contributed by atoms with E-state index in [9.17, 15) is 14.0 Å². The standard InChI is InChI=1S/C28H30FN3O5/c1-2-36-28(34)23-18-30-11-10-22-21-4-3-5-24(37-17-14-31-12-15-35-16-13-31)26(21)32(25(22)23)27(33)19-6-8-20(29)9-7-19/h3-9,18,23H,2,10-17H2,1H3. The molecule has 1 unspecified atom stereocenters. The molecule has 1 fully saturated rings. The molecule has 0 N–H and O–H groups in total. The SMILES string of the molecule is CCOC(=O)C1C=NCCc2c1n(C(=O)c1ccc(F)cc1)c1c(OCCN3CCOCC3)cccc21. The number of esters is 1. The molecule has 3 aromatic rings. The molecule has 0 saturated carbocycles. The molecular weight excluding hydrogens is 477 g/mol. The Hall–Kier alpha value is -3.56. The number of morpholine rings is 1. The molecule has 2 aliphatic heterocycles. The zero-order valence-corrected chi connectivity index (χ0v) is 20.8. The van der Waals surface area contributed by atoms with Gasteiger partial charge in [-0.15, -0.1) is 0 Å². The van der Waals surface area contributed by atoms with Gasteiger partial charge >= 0.3 is 5.97 Å². The smallest absolute Gasteiger partial charge is 0.320 e. The van der Waals surface area contributed by atoms with Gasteiger partial charge in [0.2, 0.25) is 0 Å². The number of halogens is 1. The number of hydrogen-bond donors (Lipinski definition) is 0. The number of ether oxygens (including phenoxy) is 3. The van der Waals surface area contributed by atoms with Gasteiger partial charge in [-0.1, -0.05) is 12.1 Å². The molecule has 2 aromatic carbocycles. The van der Waals surface area contributed by atoms with Gasteiger partial charge < -0.3 is 14.2 Å². The Balaban J connectivity index is 1.62. The molecule has 5 rings (SSSR count). The minimum absolute atomic E-state index is 0.209. The Morgan fingerprint density at radius 1 is 1.14 bits per heavy atom. The number of rotatable bonds is 7. The van der Waals surface area contributed by atoms with E-state index in [0.29, 0.717) is 55.3 Å². The van der Waals surface area contributed by atoms with Crippen molar-refractivity contribution in [3.63, 3.8) is 0 Å². The summed E-state index contributed by atoms with van der Waals surface area (Å²) in [5.41, 5.74) is 2.27. The summed E-state index contributed by atoms with van der Waals surface area (Å²) >= 11 is 0. The van der Waals surface area contributed by atoms with E-state index in [1.165, 1.54) is 24.3 Å². The van der Waals surface area contributed by atoms with Gasteiger partial charge in [0.25, 0.3) is 5.91 Å². The summed E-state index contributed by atoms with van der Waals surface area (Å²) in [6.45, 7) is 6.69. The number of carbonyl (C=O) groups excluding carboxylic acids is 2. The number of carbonyl (C=O) groups is 2. The van der Waals surface area contributed by atoms with Gasteiger partial charge in [-0.05, 0) is 49.2 Å². The van der Waals surface area contributed by atoms with Crippen molar-refractivity contribution in [2.24, 2.45) is 4.99 Å². The maximum atomic E-state index is 14.0. The molecule has 1 aromatic heterocycles. The molecule has 0 radical (unpaired) electrons. The lowest BCUT2D eigenvalue weighted by atomic mass is 9.99. The van der Waals surface area contributed by atoms with Crippen molar-refractivity contribution in [3.8, 4) is 5.75 Å². The van der Waals surface area contributed by atoms with E-state index in [1.807, 2.05) is 18.2 Å². The lowest BCUT2D eigenvalue weighted by Crippen LogP contribution is -2.38. The van der Waals surface area contributed by atoms with E-state index in [0.717, 1.165) is 30.6 Å². The first-order valence-corrected chi connectivity index (χ1v) is 12.6. The number of aromatic nitrogens is 1. The van der Waals surface area contributed by atoms with Crippen LogP contribution in [0.2, 0.25) is 0 Å². The fourth-order valence-corrected chi connectivity index (χ4v) is 4.97. The average molecular weight is 508 g/mol. The molecule has 9 heteroatoms. The van der Waals surface area contributed by atoms with Gasteiger partial charge in [-0.2, -0.15) is 0 Å². The second-order valence-corrected chi connectivity index (χ2v) is 9.00.